The smallest absolute Gasteiger partial charge is 0.150 e. The number of nitrogens with zero attached hydrogens (tertiary/aromatic N) is 3. The number of aliphatic hydroxyl groups excluding tert-OH is 1. The second-order valence-corrected chi connectivity index (χ2v) is 17.3. The summed E-state index contributed by atoms with van der Waals surface area (Å²) in [4.78, 5) is 19.7. The SMILES string of the molecule is CC/C=C/C(CN1CCN2CC(C)OCC2C1)C1CCC1CN1CC(c2ccc(Cl)cc2CCC)COc2ccc(C=O)cc21.CNSC(C)C.CO. The molecule has 3 fully saturated rings. The van der Waals surface area contributed by atoms with E-state index in [0.717, 1.165) is 102 Å². The number of hydrogen-bond acceptors (Lipinski definition) is 9. The number of allylic oxidation sites excluding steroid dienone is 1. The highest BCUT2D eigenvalue weighted by Gasteiger charge is 2.40. The first-order valence-corrected chi connectivity index (χ1v) is 21.3. The summed E-state index contributed by atoms with van der Waals surface area (Å²) in [7, 11) is 2.94. The molecule has 296 valence electrons. The fourth-order valence-electron chi connectivity index (χ4n) is 8.44. The number of ether oxygens (including phenoxy) is 2. The maximum Gasteiger partial charge on any atom is 0.150 e. The van der Waals surface area contributed by atoms with Gasteiger partial charge in [0.1, 0.15) is 12.0 Å². The molecule has 0 aromatic heterocycles. The van der Waals surface area contributed by atoms with E-state index in [9.17, 15) is 4.79 Å². The first kappa shape index (κ1) is 43.6. The minimum absolute atomic E-state index is 0.224. The molecule has 0 radical (unpaired) electrons. The van der Waals surface area contributed by atoms with E-state index in [-0.39, 0.29) is 5.92 Å². The van der Waals surface area contributed by atoms with Gasteiger partial charge < -0.3 is 19.5 Å². The van der Waals surface area contributed by atoms with Crippen LogP contribution in [0.15, 0.2) is 48.6 Å². The van der Waals surface area contributed by atoms with Gasteiger partial charge in [-0.1, -0.05) is 75.9 Å². The van der Waals surface area contributed by atoms with E-state index in [1.807, 2.05) is 31.3 Å². The number of carbonyl (C=O) groups excluding carboxylic acids is 1. The van der Waals surface area contributed by atoms with Crippen molar-refractivity contribution in [1.29, 1.82) is 0 Å². The third-order valence-electron chi connectivity index (χ3n) is 11.1. The largest absolute Gasteiger partial charge is 0.491 e. The Kier molecular flexibility index (Phi) is 18.5. The number of morpholine rings is 1. The van der Waals surface area contributed by atoms with Gasteiger partial charge in [0.05, 0.1) is 25.0 Å². The number of piperazine rings is 1. The van der Waals surface area contributed by atoms with Crippen LogP contribution in [0.3, 0.4) is 0 Å². The second kappa shape index (κ2) is 22.4. The van der Waals surface area contributed by atoms with E-state index in [1.165, 1.54) is 24.0 Å². The fraction of sp³-hybridized carbons (Fsp3) is 0.651. The summed E-state index contributed by atoms with van der Waals surface area (Å²) in [6.07, 6.45) is 11.9. The first-order valence-electron chi connectivity index (χ1n) is 20.0. The van der Waals surface area contributed by atoms with Crippen LogP contribution < -0.4 is 14.4 Å². The highest BCUT2D eigenvalue weighted by atomic mass is 35.5. The van der Waals surface area contributed by atoms with E-state index in [1.54, 1.807) is 11.9 Å². The van der Waals surface area contributed by atoms with Gasteiger partial charge in [0.25, 0.3) is 0 Å². The topological polar surface area (TPSA) is 77.5 Å². The number of rotatable bonds is 13. The summed E-state index contributed by atoms with van der Waals surface area (Å²) < 4.78 is 15.5. The Morgan fingerprint density at radius 2 is 1.87 bits per heavy atom. The van der Waals surface area contributed by atoms with Gasteiger partial charge in [-0.25, -0.2) is 0 Å². The van der Waals surface area contributed by atoms with Crippen LogP contribution in [-0.4, -0.2) is 112 Å². The molecule has 0 amide bonds. The second-order valence-electron chi connectivity index (χ2n) is 15.3. The number of anilines is 1. The third-order valence-corrected chi connectivity index (χ3v) is 12.0. The van der Waals surface area contributed by atoms with Crippen molar-refractivity contribution in [2.75, 3.05) is 78.1 Å². The molecule has 6 atom stereocenters. The number of benzene rings is 2. The van der Waals surface area contributed by atoms with Crippen LogP contribution in [-0.2, 0) is 11.2 Å². The minimum Gasteiger partial charge on any atom is -0.491 e. The number of nitrogens with one attached hydrogen (secondary N) is 1. The van der Waals surface area contributed by atoms with Crippen LogP contribution in [0.25, 0.3) is 0 Å². The third kappa shape index (κ3) is 12.4. The van der Waals surface area contributed by atoms with Gasteiger partial charge in [0.2, 0.25) is 0 Å². The average Bonchev–Trinajstić information content (AvgIpc) is 3.32. The lowest BCUT2D eigenvalue weighted by Gasteiger charge is -2.48. The van der Waals surface area contributed by atoms with Crippen molar-refractivity contribution < 1.29 is 19.4 Å². The van der Waals surface area contributed by atoms with Gasteiger partial charge in [-0.15, -0.1) is 0 Å². The maximum atomic E-state index is 11.8. The Bertz CT molecular complexity index is 1430. The van der Waals surface area contributed by atoms with Crippen LogP contribution in [0.4, 0.5) is 5.69 Å². The molecule has 2 aromatic carbocycles. The van der Waals surface area contributed by atoms with Crippen molar-refractivity contribution in [2.45, 2.75) is 90.0 Å². The molecule has 3 aliphatic heterocycles. The summed E-state index contributed by atoms with van der Waals surface area (Å²) in [5.74, 6) is 2.91. The van der Waals surface area contributed by atoms with E-state index in [2.05, 4.69) is 78.3 Å². The number of aldehydes is 1. The number of halogens is 1. The number of aliphatic hydroxyl groups is 1. The van der Waals surface area contributed by atoms with Crippen LogP contribution in [0.2, 0.25) is 5.02 Å². The molecule has 8 nitrogen and oxygen atoms in total. The number of aryl methyl sites for hydroxylation is 1. The summed E-state index contributed by atoms with van der Waals surface area (Å²) in [5, 5.41) is 8.50. The normalized spacial score (nSPS) is 25.1. The molecule has 53 heavy (non-hydrogen) atoms. The average molecular weight is 772 g/mol. The molecule has 0 bridgehead atoms. The standard InChI is InChI=1S/C38H52ClN3O3.C4H11NS.CH4O/c1-4-6-8-30(20-40-15-16-41-19-27(3)44-26-34(41)23-40)36-12-10-31(36)21-42-22-32(35-13-11-33(39)18-29(35)7-5-2)25-45-38-14-9-28(24-43)17-37(38)42;1-4(2)6-5-3;1-2/h6,8-9,11,13-14,17-18,24,27,30-32,34,36H,4-5,7,10,12,15-16,19-23,25-26H2,1-3H3;4-5H,1-3H3;2H,1H3/b8-6+;;. The van der Waals surface area contributed by atoms with Gasteiger partial charge in [-0.2, -0.15) is 0 Å². The summed E-state index contributed by atoms with van der Waals surface area (Å²) in [6.45, 7) is 19.9. The van der Waals surface area contributed by atoms with Crippen LogP contribution >= 0.6 is 23.5 Å². The number of carbonyl (C=O) groups is 1. The molecule has 2 aromatic rings. The minimum atomic E-state index is 0.224. The molecule has 2 saturated heterocycles. The van der Waals surface area contributed by atoms with Gasteiger partial charge in [-0.05, 0) is 98.9 Å². The van der Waals surface area contributed by atoms with Gasteiger partial charge >= 0.3 is 0 Å². The van der Waals surface area contributed by atoms with Crippen molar-refractivity contribution in [3.8, 4) is 5.75 Å². The lowest BCUT2D eigenvalue weighted by molar-refractivity contribution is -0.0841. The van der Waals surface area contributed by atoms with Crippen molar-refractivity contribution in [2.24, 2.45) is 17.8 Å². The summed E-state index contributed by atoms with van der Waals surface area (Å²) in [5.41, 5.74) is 4.42. The Morgan fingerprint density at radius 1 is 1.06 bits per heavy atom. The molecule has 1 aliphatic carbocycles. The summed E-state index contributed by atoms with van der Waals surface area (Å²) >= 11 is 8.19. The lowest BCUT2D eigenvalue weighted by atomic mass is 9.66. The monoisotopic (exact) mass is 770 g/mol. The predicted octanol–water partition coefficient (Wildman–Crippen LogP) is 7.97. The Balaban J connectivity index is 0.000000714. The van der Waals surface area contributed by atoms with Gasteiger partial charge in [0.15, 0.2) is 0 Å². The zero-order chi connectivity index (χ0) is 38.3. The van der Waals surface area contributed by atoms with Crippen molar-refractivity contribution in [3.63, 3.8) is 0 Å². The van der Waals surface area contributed by atoms with E-state index >= 15 is 0 Å². The van der Waals surface area contributed by atoms with E-state index < -0.39 is 0 Å². The molecule has 0 spiro atoms. The Labute approximate surface area is 330 Å². The molecular formula is C43H67ClN4O4S. The molecule has 6 rings (SSSR count). The van der Waals surface area contributed by atoms with Crippen LogP contribution in [0.1, 0.15) is 87.7 Å². The fourth-order valence-corrected chi connectivity index (χ4v) is 9.10. The van der Waals surface area contributed by atoms with Crippen LogP contribution in [0, 0.1) is 17.8 Å². The zero-order valence-electron chi connectivity index (χ0n) is 33.4. The number of fused-ring (bicyclic) bond motifs is 2. The zero-order valence-corrected chi connectivity index (χ0v) is 35.0. The molecule has 2 N–H and O–H groups in total. The molecule has 4 aliphatic rings. The molecular weight excluding hydrogens is 704 g/mol. The summed E-state index contributed by atoms with van der Waals surface area (Å²) in [6, 6.07) is 12.8. The highest BCUT2D eigenvalue weighted by molar-refractivity contribution is 7.97. The van der Waals surface area contributed by atoms with E-state index in [4.69, 9.17) is 26.2 Å². The number of hydrogen-bond donors (Lipinski definition) is 2. The van der Waals surface area contributed by atoms with Gasteiger partial charge in [-0.3, -0.25) is 19.3 Å². The Morgan fingerprint density at radius 3 is 2.53 bits per heavy atom. The molecule has 3 heterocycles. The van der Waals surface area contributed by atoms with Crippen molar-refractivity contribution in [3.05, 3.63) is 70.3 Å². The van der Waals surface area contributed by atoms with Crippen molar-refractivity contribution >= 4 is 35.5 Å². The molecule has 10 heteroatoms. The highest BCUT2D eigenvalue weighted by Crippen LogP contribution is 2.44. The quantitative estimate of drug-likeness (QED) is 0.120. The lowest BCUT2D eigenvalue weighted by Crippen LogP contribution is -2.60. The first-order chi connectivity index (χ1) is 25.7. The molecule has 1 saturated carbocycles. The Hall–Kier alpha value is -2.11. The van der Waals surface area contributed by atoms with Gasteiger partial charge in [0, 0.05) is 80.7 Å². The predicted molar refractivity (Wildman–Crippen MR) is 224 cm³/mol. The molecule has 6 unspecified atom stereocenters. The van der Waals surface area contributed by atoms with Crippen molar-refractivity contribution in [1.82, 2.24) is 14.5 Å². The van der Waals surface area contributed by atoms with E-state index in [0.29, 0.717) is 47.3 Å². The maximum absolute atomic E-state index is 11.8. The van der Waals surface area contributed by atoms with Crippen LogP contribution in [0.5, 0.6) is 5.75 Å².